The van der Waals surface area contributed by atoms with Gasteiger partial charge in [0.25, 0.3) is 0 Å². The molecule has 1 aromatic heterocycles. The van der Waals surface area contributed by atoms with Crippen molar-refractivity contribution < 1.29 is 23.9 Å². The first-order valence-electron chi connectivity index (χ1n) is 7.42. The number of hydrazone groups is 1. The zero-order chi connectivity index (χ0) is 19.8. The lowest BCUT2D eigenvalue weighted by Gasteiger charge is -2.12. The van der Waals surface area contributed by atoms with E-state index in [1.54, 1.807) is 12.1 Å². The van der Waals surface area contributed by atoms with Gasteiger partial charge in [0, 0.05) is 12.3 Å². The van der Waals surface area contributed by atoms with E-state index in [1.807, 2.05) is 22.6 Å². The summed E-state index contributed by atoms with van der Waals surface area (Å²) in [7, 11) is 2.74. The smallest absolute Gasteiger partial charge is 0.343 e. The fourth-order valence-corrected chi connectivity index (χ4v) is 2.72. The van der Waals surface area contributed by atoms with Gasteiger partial charge in [-0.25, -0.2) is 9.78 Å². The molecule has 0 aliphatic rings. The quantitative estimate of drug-likeness (QED) is 0.199. The maximum absolute atomic E-state index is 11.2. The molecule has 0 unspecified atom stereocenters. The van der Waals surface area contributed by atoms with Crippen molar-refractivity contribution >= 4 is 46.3 Å². The number of benzene rings is 1. The minimum absolute atomic E-state index is 0.0263. The molecule has 0 atom stereocenters. The second kappa shape index (κ2) is 9.66. The molecule has 27 heavy (non-hydrogen) atoms. The van der Waals surface area contributed by atoms with Gasteiger partial charge in [-0.1, -0.05) is 0 Å². The molecule has 0 spiro atoms. The van der Waals surface area contributed by atoms with Crippen molar-refractivity contribution in [2.75, 3.05) is 26.3 Å². The Morgan fingerprint density at radius 3 is 2.89 bits per heavy atom. The fraction of sp³-hybridized carbons (Fsp3) is 0.188. The summed E-state index contributed by atoms with van der Waals surface area (Å²) in [4.78, 5) is 25.5. The predicted octanol–water partition coefficient (Wildman–Crippen LogP) is 2.60. The van der Waals surface area contributed by atoms with E-state index in [-0.39, 0.29) is 18.1 Å². The molecule has 0 saturated carbocycles. The van der Waals surface area contributed by atoms with Crippen molar-refractivity contribution in [1.82, 2.24) is 4.98 Å². The number of pyridine rings is 1. The number of hydrogen-bond donors (Lipinski definition) is 1. The van der Waals surface area contributed by atoms with Crippen molar-refractivity contribution in [2.24, 2.45) is 5.10 Å². The first kappa shape index (κ1) is 20.4. The van der Waals surface area contributed by atoms with E-state index in [1.165, 1.54) is 38.8 Å². The average molecular weight is 486 g/mol. The van der Waals surface area contributed by atoms with Crippen LogP contribution >= 0.6 is 22.6 Å². The summed E-state index contributed by atoms with van der Waals surface area (Å²) in [6.45, 7) is -0.249. The molecule has 0 aliphatic carbocycles. The number of carbonyl (C=O) groups excluding carboxylic acids is 1. The summed E-state index contributed by atoms with van der Waals surface area (Å²) in [5, 5.41) is 14.9. The minimum Gasteiger partial charge on any atom is -0.493 e. The lowest BCUT2D eigenvalue weighted by atomic mass is 10.2. The van der Waals surface area contributed by atoms with Crippen LogP contribution in [0, 0.1) is 13.7 Å². The largest absolute Gasteiger partial charge is 0.493 e. The molecule has 0 saturated heterocycles. The van der Waals surface area contributed by atoms with Crippen LogP contribution < -0.4 is 14.9 Å². The van der Waals surface area contributed by atoms with E-state index < -0.39 is 10.9 Å². The normalized spacial score (nSPS) is 10.5. The van der Waals surface area contributed by atoms with E-state index in [4.69, 9.17) is 9.47 Å². The Balaban J connectivity index is 2.17. The second-order valence-corrected chi connectivity index (χ2v) is 6.06. The van der Waals surface area contributed by atoms with Gasteiger partial charge in [0.2, 0.25) is 5.82 Å². The Morgan fingerprint density at radius 2 is 2.22 bits per heavy atom. The number of aromatic nitrogens is 1. The molecule has 1 heterocycles. The second-order valence-electron chi connectivity index (χ2n) is 4.90. The highest BCUT2D eigenvalue weighted by Gasteiger charge is 2.14. The van der Waals surface area contributed by atoms with Gasteiger partial charge in [0.05, 0.1) is 28.9 Å². The molecule has 1 aromatic carbocycles. The summed E-state index contributed by atoms with van der Waals surface area (Å²) in [6, 6.07) is 6.18. The lowest BCUT2D eigenvalue weighted by molar-refractivity contribution is -0.384. The molecular weight excluding hydrogens is 471 g/mol. The number of anilines is 1. The molecular formula is C16H15IN4O6. The van der Waals surface area contributed by atoms with Gasteiger partial charge in [-0.3, -0.25) is 15.5 Å². The van der Waals surface area contributed by atoms with E-state index in [2.05, 4.69) is 20.2 Å². The molecule has 0 amide bonds. The van der Waals surface area contributed by atoms with Crippen LogP contribution in [-0.2, 0) is 9.53 Å². The number of esters is 1. The van der Waals surface area contributed by atoms with Crippen molar-refractivity contribution in [3.63, 3.8) is 0 Å². The molecule has 11 heteroatoms. The number of nitro groups is 1. The summed E-state index contributed by atoms with van der Waals surface area (Å²) >= 11 is 2.03. The van der Waals surface area contributed by atoms with Crippen LogP contribution in [0.5, 0.6) is 11.5 Å². The highest BCUT2D eigenvalue weighted by molar-refractivity contribution is 14.1. The van der Waals surface area contributed by atoms with Gasteiger partial charge >= 0.3 is 11.7 Å². The number of ether oxygens (including phenoxy) is 3. The summed E-state index contributed by atoms with van der Waals surface area (Å²) in [6.07, 6.45) is 2.87. The number of halogens is 1. The number of methoxy groups -OCH3 is 2. The Labute approximate surface area is 167 Å². The molecule has 10 nitrogen and oxygen atoms in total. The molecule has 0 radical (unpaired) electrons. The third kappa shape index (κ3) is 5.51. The Bertz CT molecular complexity index is 874. The van der Waals surface area contributed by atoms with Gasteiger partial charge in [0.15, 0.2) is 18.1 Å². The third-order valence-electron chi connectivity index (χ3n) is 3.18. The van der Waals surface area contributed by atoms with E-state index in [0.717, 1.165) is 0 Å². The summed E-state index contributed by atoms with van der Waals surface area (Å²) in [5.41, 5.74) is 3.00. The van der Waals surface area contributed by atoms with Gasteiger partial charge in [-0.05, 0) is 46.4 Å². The first-order valence-corrected chi connectivity index (χ1v) is 8.49. The number of hydrogen-bond acceptors (Lipinski definition) is 9. The fourth-order valence-electron chi connectivity index (χ4n) is 1.94. The number of rotatable bonds is 8. The Kier molecular flexibility index (Phi) is 7.28. The third-order valence-corrected chi connectivity index (χ3v) is 3.98. The van der Waals surface area contributed by atoms with Crippen molar-refractivity contribution in [3.8, 4) is 11.5 Å². The molecule has 2 rings (SSSR count). The minimum atomic E-state index is -0.551. The van der Waals surface area contributed by atoms with Crippen LogP contribution in [0.25, 0.3) is 0 Å². The molecule has 142 valence electrons. The number of nitrogens with one attached hydrogen (secondary N) is 1. The first-order chi connectivity index (χ1) is 13.0. The summed E-state index contributed by atoms with van der Waals surface area (Å²) < 4.78 is 15.9. The maximum atomic E-state index is 11.2. The molecule has 1 N–H and O–H groups in total. The van der Waals surface area contributed by atoms with Crippen LogP contribution in [0.15, 0.2) is 35.6 Å². The SMILES string of the molecule is COC(=O)COc1c(I)cc(/C=N\Nc2ncccc2[N+](=O)[O-])cc1OC. The van der Waals surface area contributed by atoms with Crippen molar-refractivity contribution in [1.29, 1.82) is 0 Å². The number of nitrogens with zero attached hydrogens (tertiary/aromatic N) is 3. The highest BCUT2D eigenvalue weighted by atomic mass is 127. The van der Waals surface area contributed by atoms with Crippen molar-refractivity contribution in [2.45, 2.75) is 0 Å². The standard InChI is InChI=1S/C16H15IN4O6/c1-25-13-7-10(6-11(17)15(13)27-9-14(22)26-2)8-19-20-16-12(21(23)24)4-3-5-18-16/h3-8H,9H2,1-2H3,(H,18,20)/b19-8-. The average Bonchev–Trinajstić information content (AvgIpc) is 2.66. The molecule has 2 aromatic rings. The van der Waals surface area contributed by atoms with Crippen LogP contribution in [-0.4, -0.2) is 42.9 Å². The van der Waals surface area contributed by atoms with Crippen LogP contribution in [0.2, 0.25) is 0 Å². The lowest BCUT2D eigenvalue weighted by Crippen LogP contribution is -2.13. The Morgan fingerprint density at radius 1 is 1.44 bits per heavy atom. The van der Waals surface area contributed by atoms with E-state index in [0.29, 0.717) is 20.6 Å². The van der Waals surface area contributed by atoms with E-state index in [9.17, 15) is 14.9 Å². The predicted molar refractivity (Wildman–Crippen MR) is 105 cm³/mol. The zero-order valence-corrected chi connectivity index (χ0v) is 16.5. The molecule has 0 fully saturated rings. The highest BCUT2D eigenvalue weighted by Crippen LogP contribution is 2.33. The van der Waals surface area contributed by atoms with Crippen molar-refractivity contribution in [3.05, 3.63) is 49.7 Å². The van der Waals surface area contributed by atoms with Gasteiger partial charge in [-0.15, -0.1) is 0 Å². The molecule has 0 aliphatic heterocycles. The molecule has 0 bridgehead atoms. The summed E-state index contributed by atoms with van der Waals surface area (Å²) in [5.74, 6) is 0.308. The van der Waals surface area contributed by atoms with Crippen LogP contribution in [0.1, 0.15) is 5.56 Å². The zero-order valence-electron chi connectivity index (χ0n) is 14.3. The van der Waals surface area contributed by atoms with Gasteiger partial charge in [-0.2, -0.15) is 5.10 Å². The monoisotopic (exact) mass is 486 g/mol. The topological polar surface area (TPSA) is 125 Å². The number of carbonyl (C=O) groups is 1. The van der Waals surface area contributed by atoms with Crippen LogP contribution in [0.3, 0.4) is 0 Å². The Hall–Kier alpha value is -2.96. The van der Waals surface area contributed by atoms with Gasteiger partial charge < -0.3 is 14.2 Å². The van der Waals surface area contributed by atoms with Crippen LogP contribution in [0.4, 0.5) is 11.5 Å². The maximum Gasteiger partial charge on any atom is 0.343 e. The van der Waals surface area contributed by atoms with E-state index >= 15 is 0 Å². The van der Waals surface area contributed by atoms with Gasteiger partial charge in [0.1, 0.15) is 0 Å².